The van der Waals surface area contributed by atoms with Gasteiger partial charge in [-0.15, -0.1) is 0 Å². The van der Waals surface area contributed by atoms with Gasteiger partial charge in [0.25, 0.3) is 0 Å². The largest absolute Gasteiger partial charge is 0.534 e. The van der Waals surface area contributed by atoms with Crippen LogP contribution in [0.4, 0.5) is 13.2 Å². The van der Waals surface area contributed by atoms with E-state index in [1.54, 1.807) is 6.08 Å². The number of alkyl halides is 3. The van der Waals surface area contributed by atoms with E-state index < -0.39 is 23.9 Å². The van der Waals surface area contributed by atoms with Crippen molar-refractivity contribution in [1.82, 2.24) is 0 Å². The number of allylic oxidation sites excluding steroid dienone is 2. The molecule has 4 nitrogen and oxygen atoms in total. The quantitative estimate of drug-likeness (QED) is 0.146. The third kappa shape index (κ3) is 6.41. The van der Waals surface area contributed by atoms with E-state index in [0.29, 0.717) is 24.7 Å². The van der Waals surface area contributed by atoms with Crippen molar-refractivity contribution in [3.05, 3.63) is 11.8 Å². The number of halogens is 3. The van der Waals surface area contributed by atoms with Gasteiger partial charge in [0, 0.05) is 5.92 Å². The van der Waals surface area contributed by atoms with Crippen molar-refractivity contribution in [2.24, 2.45) is 23.2 Å². The molecular weight excluding hydrogens is 481 g/mol. The Kier molecular flexibility index (Phi) is 9.46. The maximum absolute atomic E-state index is 12.9. The summed E-state index contributed by atoms with van der Waals surface area (Å²) in [6.07, 6.45) is 7.53. The second-order valence-electron chi connectivity index (χ2n) is 11.3. The molecule has 9 heteroatoms. The van der Waals surface area contributed by atoms with E-state index in [2.05, 4.69) is 52.6 Å². The predicted molar refractivity (Wildman–Crippen MR) is 133 cm³/mol. The molecule has 0 saturated heterocycles. The molecule has 0 N–H and O–H groups in total. The molecule has 0 heterocycles. The molecule has 4 atom stereocenters. The van der Waals surface area contributed by atoms with Crippen molar-refractivity contribution in [1.29, 1.82) is 0 Å². The first-order valence-corrected chi connectivity index (χ1v) is 16.9. The SMILES string of the molecule is CC[Si](CC)(CC)OC(C)(C)CCC[C@@H](C)C1CCC2C(OS(=O)(=O)C(F)(F)F)=CCC[C@@]21C. The van der Waals surface area contributed by atoms with Crippen LogP contribution in [-0.4, -0.2) is 27.8 Å². The van der Waals surface area contributed by atoms with Crippen molar-refractivity contribution in [3.8, 4) is 0 Å². The summed E-state index contributed by atoms with van der Waals surface area (Å²) in [5.74, 6) is 0.443. The lowest BCUT2D eigenvalue weighted by atomic mass is 9.63. The third-order valence-electron chi connectivity index (χ3n) is 8.82. The zero-order valence-corrected chi connectivity index (χ0v) is 23.9. The van der Waals surface area contributed by atoms with E-state index in [1.165, 1.54) is 0 Å². The van der Waals surface area contributed by atoms with Crippen molar-refractivity contribution in [2.45, 2.75) is 123 Å². The summed E-state index contributed by atoms with van der Waals surface area (Å²) in [5.41, 5.74) is -5.81. The van der Waals surface area contributed by atoms with Crippen LogP contribution >= 0.6 is 0 Å². The minimum atomic E-state index is -5.63. The molecule has 2 aliphatic rings. The molecule has 200 valence electrons. The summed E-state index contributed by atoms with van der Waals surface area (Å²) in [7, 11) is -7.31. The molecule has 0 bridgehead atoms. The number of fused-ring (bicyclic) bond motifs is 1. The highest BCUT2D eigenvalue weighted by Crippen LogP contribution is 2.59. The summed E-state index contributed by atoms with van der Waals surface area (Å²) in [4.78, 5) is 0. The van der Waals surface area contributed by atoms with Gasteiger partial charge in [0.1, 0.15) is 5.76 Å². The maximum Gasteiger partial charge on any atom is 0.534 e. The monoisotopic (exact) mass is 526 g/mol. The van der Waals surface area contributed by atoms with E-state index >= 15 is 0 Å². The molecule has 0 amide bonds. The fourth-order valence-electron chi connectivity index (χ4n) is 6.61. The van der Waals surface area contributed by atoms with E-state index in [0.717, 1.165) is 50.2 Å². The average molecular weight is 527 g/mol. The van der Waals surface area contributed by atoms with Gasteiger partial charge < -0.3 is 8.61 Å². The summed E-state index contributed by atoms with van der Waals surface area (Å²) in [5, 5.41) is 0. The van der Waals surface area contributed by atoms with Gasteiger partial charge in [0.2, 0.25) is 0 Å². The van der Waals surface area contributed by atoms with Crippen LogP contribution in [0.25, 0.3) is 0 Å². The van der Waals surface area contributed by atoms with Crippen LogP contribution in [0, 0.1) is 23.2 Å². The minimum absolute atomic E-state index is 0.00435. The van der Waals surface area contributed by atoms with Crippen molar-refractivity contribution < 1.29 is 30.2 Å². The number of hydrogen-bond acceptors (Lipinski definition) is 4. The Labute approximate surface area is 206 Å². The van der Waals surface area contributed by atoms with E-state index in [9.17, 15) is 21.6 Å². The minimum Gasteiger partial charge on any atom is -0.412 e. The molecule has 0 radical (unpaired) electrons. The van der Waals surface area contributed by atoms with E-state index in [4.69, 9.17) is 4.43 Å². The summed E-state index contributed by atoms with van der Waals surface area (Å²) in [6.45, 7) is 15.5. The van der Waals surface area contributed by atoms with Gasteiger partial charge in [-0.1, -0.05) is 47.5 Å². The zero-order chi connectivity index (χ0) is 26.0. The summed E-state index contributed by atoms with van der Waals surface area (Å²) in [6, 6.07) is 3.39. The lowest BCUT2D eigenvalue weighted by Crippen LogP contribution is -2.44. The fraction of sp³-hybridized carbons (Fsp3) is 0.920. The van der Waals surface area contributed by atoms with Crippen LogP contribution < -0.4 is 0 Å². The van der Waals surface area contributed by atoms with Crippen LogP contribution in [0.2, 0.25) is 18.1 Å². The highest BCUT2D eigenvalue weighted by Gasteiger charge is 2.55. The Bertz CT molecular complexity index is 812. The Morgan fingerprint density at radius 1 is 1.15 bits per heavy atom. The molecule has 0 spiro atoms. The van der Waals surface area contributed by atoms with Crippen LogP contribution in [0.3, 0.4) is 0 Å². The van der Waals surface area contributed by atoms with E-state index in [1.807, 2.05) is 0 Å². The molecule has 34 heavy (non-hydrogen) atoms. The standard InChI is InChI=1S/C25H45F3O4SSi/c1-8-34(9-2,10-3)32-23(5,6)17-11-13-19(4)20-15-16-21-22(14-12-18-24(20,21)7)31-33(29,30)25(26,27)28/h14,19-21H,8-13,15-18H2,1-7H3/t19-,20?,21?,24-/m1/s1. The van der Waals surface area contributed by atoms with Gasteiger partial charge in [0.15, 0.2) is 8.32 Å². The second kappa shape index (κ2) is 10.8. The first kappa shape index (κ1) is 29.7. The highest BCUT2D eigenvalue weighted by atomic mass is 32.2. The fourth-order valence-corrected chi connectivity index (χ4v) is 10.4. The average Bonchev–Trinajstić information content (AvgIpc) is 3.09. The highest BCUT2D eigenvalue weighted by molar-refractivity contribution is 7.87. The summed E-state index contributed by atoms with van der Waals surface area (Å²) < 4.78 is 73.3. The maximum atomic E-state index is 12.9. The summed E-state index contributed by atoms with van der Waals surface area (Å²) >= 11 is 0. The Balaban J connectivity index is 2.01. The van der Waals surface area contributed by atoms with Crippen LogP contribution in [0.5, 0.6) is 0 Å². The second-order valence-corrected chi connectivity index (χ2v) is 17.6. The third-order valence-corrected chi connectivity index (χ3v) is 14.7. The van der Waals surface area contributed by atoms with Gasteiger partial charge in [-0.25, -0.2) is 0 Å². The van der Waals surface area contributed by atoms with Gasteiger partial charge in [-0.3, -0.25) is 0 Å². The van der Waals surface area contributed by atoms with Gasteiger partial charge >= 0.3 is 15.6 Å². The lowest BCUT2D eigenvalue weighted by Gasteiger charge is -2.43. The molecule has 0 aromatic rings. The first-order valence-electron chi connectivity index (χ1n) is 13.0. The normalized spacial score (nSPS) is 27.3. The Morgan fingerprint density at radius 3 is 2.26 bits per heavy atom. The molecule has 0 aliphatic heterocycles. The Hall–Kier alpha value is -0.543. The number of rotatable bonds is 12. The van der Waals surface area contributed by atoms with Gasteiger partial charge in [-0.05, 0) is 87.4 Å². The van der Waals surface area contributed by atoms with Crippen LogP contribution in [-0.2, 0) is 18.7 Å². The molecular formula is C25H45F3O4SSi. The predicted octanol–water partition coefficient (Wildman–Crippen LogP) is 8.17. The van der Waals surface area contributed by atoms with Crippen LogP contribution in [0.1, 0.15) is 93.4 Å². The molecule has 0 aromatic heterocycles. The molecule has 2 aliphatic carbocycles. The van der Waals surface area contributed by atoms with Gasteiger partial charge in [0.05, 0.1) is 5.60 Å². The molecule has 2 unspecified atom stereocenters. The van der Waals surface area contributed by atoms with Crippen LogP contribution in [0.15, 0.2) is 11.8 Å². The lowest BCUT2D eigenvalue weighted by molar-refractivity contribution is -0.0536. The van der Waals surface area contributed by atoms with E-state index in [-0.39, 0.29) is 22.7 Å². The smallest absolute Gasteiger partial charge is 0.412 e. The molecule has 2 rings (SSSR count). The molecule has 0 aromatic carbocycles. The van der Waals surface area contributed by atoms with Crippen molar-refractivity contribution in [3.63, 3.8) is 0 Å². The zero-order valence-electron chi connectivity index (χ0n) is 22.1. The first-order chi connectivity index (χ1) is 15.6. The van der Waals surface area contributed by atoms with Crippen molar-refractivity contribution >= 4 is 18.4 Å². The van der Waals surface area contributed by atoms with Gasteiger partial charge in [-0.2, -0.15) is 21.6 Å². The molecule has 1 fully saturated rings. The topological polar surface area (TPSA) is 52.6 Å². The van der Waals surface area contributed by atoms with Crippen molar-refractivity contribution in [2.75, 3.05) is 0 Å². The molecule has 1 saturated carbocycles. The Morgan fingerprint density at radius 2 is 1.74 bits per heavy atom. The number of hydrogen-bond donors (Lipinski definition) is 0.